The van der Waals surface area contributed by atoms with E-state index in [9.17, 15) is 9.59 Å². The van der Waals surface area contributed by atoms with Crippen molar-refractivity contribution in [3.05, 3.63) is 46.5 Å². The Kier molecular flexibility index (Phi) is 6.10. The van der Waals surface area contributed by atoms with Crippen molar-refractivity contribution < 1.29 is 14.7 Å². The van der Waals surface area contributed by atoms with Gasteiger partial charge in [0, 0.05) is 18.8 Å². The maximum absolute atomic E-state index is 11.0. The molecule has 2 amide bonds. The third-order valence-electron chi connectivity index (χ3n) is 3.22. The van der Waals surface area contributed by atoms with E-state index in [1.807, 2.05) is 17.5 Å². The summed E-state index contributed by atoms with van der Waals surface area (Å²) in [5, 5.41) is 16.1. The molecule has 0 aliphatic rings. The molecule has 23 heavy (non-hydrogen) atoms. The standard InChI is InChI=1S/C16H19N3O3S/c1-11(20)18-15-19-14(10-23-15)7-6-12-2-4-13(5-3-12)8-9-17-16(21)22/h2-5,10,17H,6-9H2,1H3,(H,21,22)(H,18,19,20). The van der Waals surface area contributed by atoms with Crippen LogP contribution in [-0.4, -0.2) is 28.6 Å². The lowest BCUT2D eigenvalue weighted by Crippen LogP contribution is -2.23. The summed E-state index contributed by atoms with van der Waals surface area (Å²) in [4.78, 5) is 25.7. The highest BCUT2D eigenvalue weighted by Crippen LogP contribution is 2.17. The Balaban J connectivity index is 1.80. The molecule has 0 aliphatic heterocycles. The number of amides is 2. The fourth-order valence-electron chi connectivity index (χ4n) is 2.09. The molecule has 0 spiro atoms. The van der Waals surface area contributed by atoms with E-state index < -0.39 is 6.09 Å². The summed E-state index contributed by atoms with van der Waals surface area (Å²) in [6.07, 6.45) is 1.37. The van der Waals surface area contributed by atoms with Gasteiger partial charge in [0.1, 0.15) is 0 Å². The minimum Gasteiger partial charge on any atom is -0.465 e. The van der Waals surface area contributed by atoms with Crippen LogP contribution >= 0.6 is 11.3 Å². The summed E-state index contributed by atoms with van der Waals surface area (Å²) in [6, 6.07) is 8.14. The minimum absolute atomic E-state index is 0.112. The van der Waals surface area contributed by atoms with Crippen LogP contribution in [0.3, 0.4) is 0 Å². The molecule has 2 rings (SSSR count). The molecule has 1 heterocycles. The van der Waals surface area contributed by atoms with Gasteiger partial charge in [0.05, 0.1) is 5.69 Å². The summed E-state index contributed by atoms with van der Waals surface area (Å²) >= 11 is 1.43. The summed E-state index contributed by atoms with van der Waals surface area (Å²) in [5.74, 6) is -0.112. The fraction of sp³-hybridized carbons (Fsp3) is 0.312. The van der Waals surface area contributed by atoms with Gasteiger partial charge in [-0.2, -0.15) is 0 Å². The number of rotatable bonds is 7. The molecule has 0 bridgehead atoms. The third kappa shape index (κ3) is 6.07. The van der Waals surface area contributed by atoms with Gasteiger partial charge in [-0.1, -0.05) is 24.3 Å². The van der Waals surface area contributed by atoms with Gasteiger partial charge < -0.3 is 15.7 Å². The van der Waals surface area contributed by atoms with E-state index in [-0.39, 0.29) is 5.91 Å². The normalized spacial score (nSPS) is 10.3. The number of nitrogens with zero attached hydrogens (tertiary/aromatic N) is 1. The molecule has 0 aliphatic carbocycles. The van der Waals surface area contributed by atoms with Crippen molar-refractivity contribution in [2.45, 2.75) is 26.2 Å². The number of carbonyl (C=O) groups is 2. The monoisotopic (exact) mass is 333 g/mol. The first-order valence-corrected chi connectivity index (χ1v) is 8.17. The number of nitrogens with one attached hydrogen (secondary N) is 2. The van der Waals surface area contributed by atoms with E-state index >= 15 is 0 Å². The molecule has 122 valence electrons. The molecule has 0 radical (unpaired) electrons. The van der Waals surface area contributed by atoms with Gasteiger partial charge in [-0.15, -0.1) is 11.3 Å². The topological polar surface area (TPSA) is 91.3 Å². The van der Waals surface area contributed by atoms with Crippen LogP contribution in [0.5, 0.6) is 0 Å². The summed E-state index contributed by atoms with van der Waals surface area (Å²) < 4.78 is 0. The SMILES string of the molecule is CC(=O)Nc1nc(CCc2ccc(CCNC(=O)O)cc2)cs1. The molecule has 0 saturated heterocycles. The largest absolute Gasteiger partial charge is 0.465 e. The van der Waals surface area contributed by atoms with Crippen LogP contribution in [-0.2, 0) is 24.1 Å². The quantitative estimate of drug-likeness (QED) is 0.726. The Morgan fingerprint density at radius 3 is 2.39 bits per heavy atom. The van der Waals surface area contributed by atoms with Gasteiger partial charge in [0.25, 0.3) is 0 Å². The van der Waals surface area contributed by atoms with Crippen LogP contribution in [0.1, 0.15) is 23.7 Å². The second kappa shape index (κ2) is 8.28. The average molecular weight is 333 g/mol. The first kappa shape index (κ1) is 17.0. The van der Waals surface area contributed by atoms with Gasteiger partial charge in [-0.25, -0.2) is 9.78 Å². The molecule has 1 aromatic heterocycles. The van der Waals surface area contributed by atoms with E-state index in [0.717, 1.165) is 24.1 Å². The van der Waals surface area contributed by atoms with Crippen molar-refractivity contribution in [1.29, 1.82) is 0 Å². The number of carbonyl (C=O) groups excluding carboxylic acids is 1. The zero-order valence-corrected chi connectivity index (χ0v) is 13.7. The first-order valence-electron chi connectivity index (χ1n) is 7.29. The number of thiazole rings is 1. The predicted molar refractivity (Wildman–Crippen MR) is 90.0 cm³/mol. The van der Waals surface area contributed by atoms with Crippen molar-refractivity contribution in [2.24, 2.45) is 0 Å². The lowest BCUT2D eigenvalue weighted by atomic mass is 10.0. The Hall–Kier alpha value is -2.41. The lowest BCUT2D eigenvalue weighted by molar-refractivity contribution is -0.114. The summed E-state index contributed by atoms with van der Waals surface area (Å²) in [7, 11) is 0. The Morgan fingerprint density at radius 2 is 1.78 bits per heavy atom. The number of anilines is 1. The highest BCUT2D eigenvalue weighted by Gasteiger charge is 2.04. The number of hydrogen-bond donors (Lipinski definition) is 3. The molecular formula is C16H19N3O3S. The van der Waals surface area contributed by atoms with E-state index in [1.165, 1.54) is 23.8 Å². The second-order valence-corrected chi connectivity index (χ2v) is 5.98. The average Bonchev–Trinajstić information content (AvgIpc) is 2.93. The molecule has 1 aromatic carbocycles. The molecule has 6 nitrogen and oxygen atoms in total. The van der Waals surface area contributed by atoms with Crippen molar-refractivity contribution in [2.75, 3.05) is 11.9 Å². The third-order valence-corrected chi connectivity index (χ3v) is 4.02. The van der Waals surface area contributed by atoms with Gasteiger partial charge in [-0.05, 0) is 30.4 Å². The number of aryl methyl sites for hydroxylation is 2. The molecule has 0 unspecified atom stereocenters. The number of benzene rings is 1. The predicted octanol–water partition coefficient (Wildman–Crippen LogP) is 2.70. The van der Waals surface area contributed by atoms with E-state index in [2.05, 4.69) is 27.8 Å². The van der Waals surface area contributed by atoms with Gasteiger partial charge in [0.2, 0.25) is 5.91 Å². The lowest BCUT2D eigenvalue weighted by Gasteiger charge is -2.04. The van der Waals surface area contributed by atoms with Crippen molar-refractivity contribution in [3.8, 4) is 0 Å². The van der Waals surface area contributed by atoms with Crippen molar-refractivity contribution >= 4 is 28.5 Å². The minimum atomic E-state index is -0.997. The molecule has 2 aromatic rings. The van der Waals surface area contributed by atoms with E-state index in [4.69, 9.17) is 5.11 Å². The van der Waals surface area contributed by atoms with Crippen LogP contribution in [0.4, 0.5) is 9.93 Å². The molecule has 0 saturated carbocycles. The molecule has 0 fully saturated rings. The maximum atomic E-state index is 11.0. The number of carboxylic acid groups (broad SMARTS) is 1. The fourth-order valence-corrected chi connectivity index (χ4v) is 2.88. The molecule has 3 N–H and O–H groups in total. The zero-order valence-electron chi connectivity index (χ0n) is 12.8. The second-order valence-electron chi connectivity index (χ2n) is 5.12. The Bertz CT molecular complexity index is 667. The van der Waals surface area contributed by atoms with Crippen LogP contribution in [0, 0.1) is 0 Å². The van der Waals surface area contributed by atoms with E-state index in [1.54, 1.807) is 0 Å². The highest BCUT2D eigenvalue weighted by atomic mass is 32.1. The van der Waals surface area contributed by atoms with Gasteiger partial charge in [-0.3, -0.25) is 4.79 Å². The number of aromatic nitrogens is 1. The van der Waals surface area contributed by atoms with Crippen molar-refractivity contribution in [3.63, 3.8) is 0 Å². The zero-order chi connectivity index (χ0) is 16.7. The van der Waals surface area contributed by atoms with Gasteiger partial charge >= 0.3 is 6.09 Å². The van der Waals surface area contributed by atoms with E-state index in [0.29, 0.717) is 18.1 Å². The molecule has 7 heteroatoms. The summed E-state index contributed by atoms with van der Waals surface area (Å²) in [5.41, 5.74) is 3.27. The van der Waals surface area contributed by atoms with Crippen LogP contribution in [0.15, 0.2) is 29.6 Å². The highest BCUT2D eigenvalue weighted by molar-refractivity contribution is 7.13. The Labute approximate surface area is 138 Å². The molecular weight excluding hydrogens is 314 g/mol. The van der Waals surface area contributed by atoms with Crippen LogP contribution in [0.25, 0.3) is 0 Å². The number of hydrogen-bond acceptors (Lipinski definition) is 4. The maximum Gasteiger partial charge on any atom is 0.404 e. The molecule has 0 atom stereocenters. The van der Waals surface area contributed by atoms with Crippen LogP contribution in [0.2, 0.25) is 0 Å². The van der Waals surface area contributed by atoms with Gasteiger partial charge in [0.15, 0.2) is 5.13 Å². The Morgan fingerprint density at radius 1 is 1.13 bits per heavy atom. The smallest absolute Gasteiger partial charge is 0.404 e. The summed E-state index contributed by atoms with van der Waals surface area (Å²) in [6.45, 7) is 1.88. The van der Waals surface area contributed by atoms with Crippen molar-refractivity contribution in [1.82, 2.24) is 10.3 Å². The van der Waals surface area contributed by atoms with Crippen LogP contribution < -0.4 is 10.6 Å². The first-order chi connectivity index (χ1) is 11.0.